The van der Waals surface area contributed by atoms with Gasteiger partial charge in [0.05, 0.1) is 5.75 Å². The summed E-state index contributed by atoms with van der Waals surface area (Å²) < 4.78 is 8.07. The summed E-state index contributed by atoms with van der Waals surface area (Å²) >= 11 is 6.25. The Morgan fingerprint density at radius 2 is 2.00 bits per heavy atom. The van der Waals surface area contributed by atoms with Crippen LogP contribution in [0.4, 0.5) is 0 Å². The van der Waals surface area contributed by atoms with Gasteiger partial charge in [0.2, 0.25) is 5.78 Å². The number of nitrogens with zero attached hydrogens (tertiary/aromatic N) is 2. The fraction of sp³-hybridized carbons (Fsp3) is 0.211. The standard InChI is InChI=1S/C19H17BrN2O3S2/c1-12-9-16(13(2)22(12)19-21-7-8-26-19)17(23)10-25-18(24)11-27-15-5-3-14(20)4-6-15/h3-9H,10-11H2,1-2H3. The van der Waals surface area contributed by atoms with Gasteiger partial charge in [-0.05, 0) is 44.2 Å². The molecule has 3 rings (SSSR count). The smallest absolute Gasteiger partial charge is 0.316 e. The highest BCUT2D eigenvalue weighted by Crippen LogP contribution is 2.23. The molecule has 0 aliphatic heterocycles. The van der Waals surface area contributed by atoms with Gasteiger partial charge < -0.3 is 4.74 Å². The van der Waals surface area contributed by atoms with Crippen LogP contribution in [0.1, 0.15) is 21.7 Å². The van der Waals surface area contributed by atoms with Crippen LogP contribution in [-0.4, -0.2) is 33.7 Å². The van der Waals surface area contributed by atoms with Crippen LogP contribution in [0.15, 0.2) is 51.3 Å². The molecule has 0 saturated carbocycles. The third kappa shape index (κ3) is 4.88. The number of Topliss-reactive ketones (excluding diaryl/α,β-unsaturated/α-hetero) is 1. The van der Waals surface area contributed by atoms with Crippen molar-refractivity contribution in [3.8, 4) is 5.13 Å². The number of aryl methyl sites for hydroxylation is 1. The number of carbonyl (C=O) groups excluding carboxylic acids is 2. The number of ether oxygens (including phenoxy) is 1. The summed E-state index contributed by atoms with van der Waals surface area (Å²) in [6.45, 7) is 3.53. The summed E-state index contributed by atoms with van der Waals surface area (Å²) in [5.41, 5.74) is 2.27. The summed E-state index contributed by atoms with van der Waals surface area (Å²) in [6, 6.07) is 9.47. The van der Waals surface area contributed by atoms with Crippen LogP contribution >= 0.6 is 39.0 Å². The first-order chi connectivity index (χ1) is 13.0. The second-order valence-electron chi connectivity index (χ2n) is 5.76. The Morgan fingerprint density at radius 3 is 2.67 bits per heavy atom. The third-order valence-corrected chi connectivity index (χ3v) is 6.15. The molecule has 0 fully saturated rings. The number of aromatic nitrogens is 2. The SMILES string of the molecule is Cc1cc(C(=O)COC(=O)CSc2ccc(Br)cc2)c(C)n1-c1nccs1. The van der Waals surface area contributed by atoms with Crippen molar-refractivity contribution in [2.24, 2.45) is 0 Å². The second kappa shape index (κ2) is 8.86. The first kappa shape index (κ1) is 19.9. The lowest BCUT2D eigenvalue weighted by Gasteiger charge is -2.06. The monoisotopic (exact) mass is 464 g/mol. The lowest BCUT2D eigenvalue weighted by Crippen LogP contribution is -2.16. The lowest BCUT2D eigenvalue weighted by molar-refractivity contribution is -0.139. The Bertz CT molecular complexity index is 950. The molecule has 0 aliphatic carbocycles. The van der Waals surface area contributed by atoms with Crippen molar-refractivity contribution < 1.29 is 14.3 Å². The molecule has 0 radical (unpaired) electrons. The molecule has 3 aromatic rings. The molecule has 0 atom stereocenters. The van der Waals surface area contributed by atoms with Gasteiger partial charge in [-0.2, -0.15) is 0 Å². The van der Waals surface area contributed by atoms with Crippen LogP contribution in [0.2, 0.25) is 0 Å². The van der Waals surface area contributed by atoms with Crippen molar-refractivity contribution >= 4 is 50.8 Å². The maximum absolute atomic E-state index is 12.5. The zero-order valence-electron chi connectivity index (χ0n) is 14.8. The number of carbonyl (C=O) groups is 2. The Balaban J connectivity index is 1.57. The average Bonchev–Trinajstić information content (AvgIpc) is 3.27. The number of halogens is 1. The molecule has 0 aliphatic rings. The van der Waals surface area contributed by atoms with E-state index in [1.165, 1.54) is 23.1 Å². The van der Waals surface area contributed by atoms with Gasteiger partial charge in [0.25, 0.3) is 0 Å². The van der Waals surface area contributed by atoms with Gasteiger partial charge in [-0.25, -0.2) is 4.98 Å². The normalized spacial score (nSPS) is 10.8. The van der Waals surface area contributed by atoms with Gasteiger partial charge in [-0.1, -0.05) is 15.9 Å². The lowest BCUT2D eigenvalue weighted by atomic mass is 10.1. The van der Waals surface area contributed by atoms with E-state index in [9.17, 15) is 9.59 Å². The minimum absolute atomic E-state index is 0.160. The van der Waals surface area contributed by atoms with Crippen molar-refractivity contribution in [1.82, 2.24) is 9.55 Å². The summed E-state index contributed by atoms with van der Waals surface area (Å²) in [4.78, 5) is 29.7. The van der Waals surface area contributed by atoms with E-state index in [0.717, 1.165) is 25.9 Å². The van der Waals surface area contributed by atoms with Gasteiger partial charge >= 0.3 is 5.97 Å². The highest BCUT2D eigenvalue weighted by molar-refractivity contribution is 9.10. The molecule has 0 saturated heterocycles. The van der Waals surface area contributed by atoms with Crippen molar-refractivity contribution in [1.29, 1.82) is 0 Å². The van der Waals surface area contributed by atoms with E-state index in [2.05, 4.69) is 20.9 Å². The fourth-order valence-corrected chi connectivity index (χ4v) is 4.32. The third-order valence-electron chi connectivity index (χ3n) is 3.88. The molecule has 0 bridgehead atoms. The molecule has 140 valence electrons. The number of benzene rings is 1. The minimum atomic E-state index is -0.412. The number of ketones is 1. The fourth-order valence-electron chi connectivity index (χ4n) is 2.60. The Hall–Kier alpha value is -1.90. The van der Waals surface area contributed by atoms with Crippen LogP contribution in [0.5, 0.6) is 0 Å². The number of rotatable bonds is 7. The molecule has 2 aromatic heterocycles. The number of thioether (sulfide) groups is 1. The maximum Gasteiger partial charge on any atom is 0.316 e. The van der Waals surface area contributed by atoms with Crippen LogP contribution in [0.25, 0.3) is 5.13 Å². The predicted molar refractivity (Wildman–Crippen MR) is 111 cm³/mol. The molecule has 27 heavy (non-hydrogen) atoms. The van der Waals surface area contributed by atoms with E-state index in [4.69, 9.17) is 4.74 Å². The highest BCUT2D eigenvalue weighted by atomic mass is 79.9. The summed E-state index contributed by atoms with van der Waals surface area (Å²) in [6.07, 6.45) is 1.73. The molecule has 8 heteroatoms. The van der Waals surface area contributed by atoms with Gasteiger partial charge in [0.15, 0.2) is 11.7 Å². The van der Waals surface area contributed by atoms with E-state index in [1.807, 2.05) is 54.1 Å². The quantitative estimate of drug-likeness (QED) is 0.284. The number of hydrogen-bond acceptors (Lipinski definition) is 6. The van der Waals surface area contributed by atoms with Crippen LogP contribution in [0, 0.1) is 13.8 Å². The second-order valence-corrected chi connectivity index (χ2v) is 8.60. The molecule has 1 aromatic carbocycles. The average molecular weight is 465 g/mol. The summed E-state index contributed by atoms with van der Waals surface area (Å²) in [7, 11) is 0. The number of hydrogen-bond donors (Lipinski definition) is 0. The van der Waals surface area contributed by atoms with Gasteiger partial charge in [0.1, 0.15) is 0 Å². The van der Waals surface area contributed by atoms with Crippen molar-refractivity contribution in [2.75, 3.05) is 12.4 Å². The molecule has 2 heterocycles. The molecule has 0 N–H and O–H groups in total. The highest BCUT2D eigenvalue weighted by Gasteiger charge is 2.19. The van der Waals surface area contributed by atoms with Crippen LogP contribution in [0.3, 0.4) is 0 Å². The van der Waals surface area contributed by atoms with E-state index >= 15 is 0 Å². The van der Waals surface area contributed by atoms with Crippen molar-refractivity contribution in [2.45, 2.75) is 18.7 Å². The largest absolute Gasteiger partial charge is 0.457 e. The zero-order chi connectivity index (χ0) is 19.4. The Kier molecular flexibility index (Phi) is 6.51. The molecule has 5 nitrogen and oxygen atoms in total. The topological polar surface area (TPSA) is 61.2 Å². The predicted octanol–water partition coefficient (Wildman–Crippen LogP) is 4.83. The Morgan fingerprint density at radius 1 is 1.26 bits per heavy atom. The first-order valence-electron chi connectivity index (χ1n) is 8.11. The summed E-state index contributed by atoms with van der Waals surface area (Å²) in [5.74, 6) is -0.467. The van der Waals surface area contributed by atoms with E-state index in [1.54, 1.807) is 6.20 Å². The summed E-state index contributed by atoms with van der Waals surface area (Å²) in [5, 5.41) is 2.70. The molecular formula is C19H17BrN2O3S2. The van der Waals surface area contributed by atoms with E-state index < -0.39 is 5.97 Å². The van der Waals surface area contributed by atoms with Crippen molar-refractivity contribution in [3.63, 3.8) is 0 Å². The van der Waals surface area contributed by atoms with E-state index in [-0.39, 0.29) is 18.1 Å². The molecule has 0 unspecified atom stereocenters. The van der Waals surface area contributed by atoms with Crippen LogP contribution < -0.4 is 0 Å². The van der Waals surface area contributed by atoms with Crippen LogP contribution in [-0.2, 0) is 9.53 Å². The van der Waals surface area contributed by atoms with E-state index in [0.29, 0.717) is 5.56 Å². The van der Waals surface area contributed by atoms with Gasteiger partial charge in [-0.3, -0.25) is 14.2 Å². The molecule has 0 spiro atoms. The van der Waals surface area contributed by atoms with Crippen molar-refractivity contribution in [3.05, 3.63) is 63.3 Å². The first-order valence-corrected chi connectivity index (χ1v) is 10.8. The zero-order valence-corrected chi connectivity index (χ0v) is 18.0. The van der Waals surface area contributed by atoms with Gasteiger partial charge in [-0.15, -0.1) is 23.1 Å². The maximum atomic E-state index is 12.5. The number of esters is 1. The Labute approximate surface area is 173 Å². The minimum Gasteiger partial charge on any atom is -0.457 e. The number of thiazole rings is 1. The molecule has 0 amide bonds. The molecular weight excluding hydrogens is 448 g/mol. The van der Waals surface area contributed by atoms with Gasteiger partial charge in [0, 0.05) is 37.9 Å².